The van der Waals surface area contributed by atoms with Crippen LogP contribution in [0, 0.1) is 6.92 Å². The van der Waals surface area contributed by atoms with Crippen LogP contribution < -0.4 is 0 Å². The van der Waals surface area contributed by atoms with Crippen molar-refractivity contribution in [2.24, 2.45) is 0 Å². The number of nitrogens with zero attached hydrogens (tertiary/aromatic N) is 3. The highest BCUT2D eigenvalue weighted by Gasteiger charge is 2.13. The van der Waals surface area contributed by atoms with Gasteiger partial charge >= 0.3 is 5.97 Å². The number of hydrogen-bond acceptors (Lipinski definition) is 4. The SMILES string of the molecule is Cc1nn(-c2ccccc2)c(Cl)c1/C=C/C(=O)OCC(=O)N(C)C. The maximum absolute atomic E-state index is 11.7. The predicted octanol–water partition coefficient (Wildman–Crippen LogP) is 2.48. The zero-order valence-electron chi connectivity index (χ0n) is 13.7. The number of halogens is 1. The molecule has 1 aromatic carbocycles. The Kier molecular flexibility index (Phi) is 5.76. The molecule has 0 aliphatic heterocycles. The third kappa shape index (κ3) is 4.23. The number of benzene rings is 1. The van der Waals surface area contributed by atoms with E-state index in [0.717, 1.165) is 5.69 Å². The van der Waals surface area contributed by atoms with Gasteiger partial charge < -0.3 is 9.64 Å². The minimum atomic E-state index is -0.617. The number of para-hydroxylation sites is 1. The van der Waals surface area contributed by atoms with E-state index in [4.69, 9.17) is 16.3 Å². The molecule has 1 amide bonds. The average Bonchev–Trinajstić information content (AvgIpc) is 2.85. The molecule has 0 radical (unpaired) electrons. The summed E-state index contributed by atoms with van der Waals surface area (Å²) in [6.45, 7) is 1.50. The zero-order valence-corrected chi connectivity index (χ0v) is 14.4. The van der Waals surface area contributed by atoms with Gasteiger partial charge in [0.05, 0.1) is 11.4 Å². The molecule has 1 aromatic heterocycles. The van der Waals surface area contributed by atoms with Gasteiger partial charge in [-0.05, 0) is 25.1 Å². The Morgan fingerprint density at radius 2 is 1.96 bits per heavy atom. The van der Waals surface area contributed by atoms with Crippen molar-refractivity contribution < 1.29 is 14.3 Å². The van der Waals surface area contributed by atoms with Crippen molar-refractivity contribution >= 4 is 29.6 Å². The number of carbonyl (C=O) groups is 2. The lowest BCUT2D eigenvalue weighted by Crippen LogP contribution is -2.27. The Bertz CT molecular complexity index is 767. The van der Waals surface area contributed by atoms with E-state index in [1.54, 1.807) is 25.7 Å². The largest absolute Gasteiger partial charge is 0.452 e. The van der Waals surface area contributed by atoms with Crippen LogP contribution in [0.1, 0.15) is 11.3 Å². The summed E-state index contributed by atoms with van der Waals surface area (Å²) in [5, 5.41) is 4.77. The molecule has 0 fully saturated rings. The fourth-order valence-corrected chi connectivity index (χ4v) is 2.24. The van der Waals surface area contributed by atoms with Crippen LogP contribution in [0.15, 0.2) is 36.4 Å². The second-order valence-electron chi connectivity index (χ2n) is 5.27. The smallest absolute Gasteiger partial charge is 0.331 e. The predicted molar refractivity (Wildman–Crippen MR) is 92.0 cm³/mol. The first-order valence-electron chi connectivity index (χ1n) is 7.25. The number of esters is 1. The molecule has 1 heterocycles. The number of carbonyl (C=O) groups excluding carboxylic acids is 2. The van der Waals surface area contributed by atoms with E-state index in [0.29, 0.717) is 16.4 Å². The Hall–Kier alpha value is -2.60. The van der Waals surface area contributed by atoms with Gasteiger partial charge in [-0.15, -0.1) is 0 Å². The Balaban J connectivity index is 2.11. The molecule has 2 rings (SSSR count). The first kappa shape index (κ1) is 17.7. The van der Waals surface area contributed by atoms with Crippen LogP contribution in [0.2, 0.25) is 5.15 Å². The van der Waals surface area contributed by atoms with Crippen molar-refractivity contribution in [1.82, 2.24) is 14.7 Å². The molecule has 0 bridgehead atoms. The lowest BCUT2D eigenvalue weighted by atomic mass is 10.2. The lowest BCUT2D eigenvalue weighted by Gasteiger charge is -2.09. The van der Waals surface area contributed by atoms with Crippen molar-refractivity contribution in [3.05, 3.63) is 52.8 Å². The van der Waals surface area contributed by atoms with Crippen LogP contribution in [-0.4, -0.2) is 47.3 Å². The highest BCUT2D eigenvalue weighted by atomic mass is 35.5. The van der Waals surface area contributed by atoms with Crippen LogP contribution in [0.5, 0.6) is 0 Å². The van der Waals surface area contributed by atoms with E-state index in [1.165, 1.54) is 17.1 Å². The molecule has 0 N–H and O–H groups in total. The molecular formula is C17H18ClN3O3. The molecule has 0 spiro atoms. The van der Waals surface area contributed by atoms with Crippen molar-refractivity contribution in [2.75, 3.05) is 20.7 Å². The average molecular weight is 348 g/mol. The summed E-state index contributed by atoms with van der Waals surface area (Å²) in [6, 6.07) is 9.44. The maximum atomic E-state index is 11.7. The van der Waals surface area contributed by atoms with Crippen LogP contribution in [0.25, 0.3) is 11.8 Å². The van der Waals surface area contributed by atoms with Crippen molar-refractivity contribution in [2.45, 2.75) is 6.92 Å². The van der Waals surface area contributed by atoms with Gasteiger partial charge in [-0.25, -0.2) is 9.48 Å². The van der Waals surface area contributed by atoms with Gasteiger partial charge in [-0.1, -0.05) is 29.8 Å². The van der Waals surface area contributed by atoms with Gasteiger partial charge in [0.2, 0.25) is 0 Å². The van der Waals surface area contributed by atoms with Crippen LogP contribution in [0.4, 0.5) is 0 Å². The molecule has 0 aliphatic rings. The van der Waals surface area contributed by atoms with Gasteiger partial charge in [0, 0.05) is 25.7 Å². The van der Waals surface area contributed by atoms with Gasteiger partial charge in [-0.3, -0.25) is 4.79 Å². The highest BCUT2D eigenvalue weighted by Crippen LogP contribution is 2.24. The normalized spacial score (nSPS) is 10.8. The van der Waals surface area contributed by atoms with Gasteiger partial charge in [-0.2, -0.15) is 5.10 Å². The molecule has 0 unspecified atom stereocenters. The molecule has 126 valence electrons. The van der Waals surface area contributed by atoms with E-state index in [1.807, 2.05) is 30.3 Å². The van der Waals surface area contributed by atoms with E-state index in [-0.39, 0.29) is 12.5 Å². The number of hydrogen-bond donors (Lipinski definition) is 0. The van der Waals surface area contributed by atoms with E-state index >= 15 is 0 Å². The summed E-state index contributed by atoms with van der Waals surface area (Å²) in [4.78, 5) is 24.4. The highest BCUT2D eigenvalue weighted by molar-refractivity contribution is 6.31. The van der Waals surface area contributed by atoms with Crippen molar-refractivity contribution in [3.63, 3.8) is 0 Å². The fourth-order valence-electron chi connectivity index (χ4n) is 1.90. The van der Waals surface area contributed by atoms with Crippen LogP contribution >= 0.6 is 11.6 Å². The number of aromatic nitrogens is 2. The molecular weight excluding hydrogens is 330 g/mol. The molecule has 0 saturated heterocycles. The second kappa shape index (κ2) is 7.79. The van der Waals surface area contributed by atoms with Crippen molar-refractivity contribution in [1.29, 1.82) is 0 Å². The number of ether oxygens (including phenoxy) is 1. The minimum Gasteiger partial charge on any atom is -0.452 e. The topological polar surface area (TPSA) is 64.4 Å². The van der Waals surface area contributed by atoms with Gasteiger partial charge in [0.1, 0.15) is 5.15 Å². The zero-order chi connectivity index (χ0) is 17.7. The quantitative estimate of drug-likeness (QED) is 0.615. The number of rotatable bonds is 5. The summed E-state index contributed by atoms with van der Waals surface area (Å²) in [5.41, 5.74) is 2.12. The van der Waals surface area contributed by atoms with Crippen LogP contribution in [0.3, 0.4) is 0 Å². The first-order valence-corrected chi connectivity index (χ1v) is 7.63. The number of likely N-dealkylation sites (N-methyl/N-ethyl adjacent to an activating group) is 1. The van der Waals surface area contributed by atoms with Crippen LogP contribution in [-0.2, 0) is 14.3 Å². The summed E-state index contributed by atoms with van der Waals surface area (Å²) >= 11 is 6.35. The summed E-state index contributed by atoms with van der Waals surface area (Å²) in [5.74, 6) is -0.906. The van der Waals surface area contributed by atoms with Gasteiger partial charge in [0.25, 0.3) is 5.91 Å². The molecule has 6 nitrogen and oxygen atoms in total. The monoisotopic (exact) mass is 347 g/mol. The summed E-state index contributed by atoms with van der Waals surface area (Å²) < 4.78 is 6.47. The Labute approximate surface area is 145 Å². The van der Waals surface area contributed by atoms with E-state index < -0.39 is 5.97 Å². The number of amides is 1. The standard InChI is InChI=1S/C17H18ClN3O3/c1-12-14(9-10-16(23)24-11-15(22)20(2)3)17(18)21(19-12)13-7-5-4-6-8-13/h4-10H,11H2,1-3H3/b10-9+. The fraction of sp³-hybridized carbons (Fsp3) is 0.235. The maximum Gasteiger partial charge on any atom is 0.331 e. The molecule has 0 atom stereocenters. The lowest BCUT2D eigenvalue weighted by molar-refractivity contribution is -0.146. The first-order chi connectivity index (χ1) is 11.4. The van der Waals surface area contributed by atoms with Crippen molar-refractivity contribution in [3.8, 4) is 5.69 Å². The summed E-state index contributed by atoms with van der Waals surface area (Å²) in [7, 11) is 3.18. The molecule has 0 aliphatic carbocycles. The Morgan fingerprint density at radius 3 is 2.58 bits per heavy atom. The van der Waals surface area contributed by atoms with Gasteiger partial charge in [0.15, 0.2) is 6.61 Å². The minimum absolute atomic E-state index is 0.289. The molecule has 2 aromatic rings. The second-order valence-corrected chi connectivity index (χ2v) is 5.62. The van der Waals surface area contributed by atoms with E-state index in [2.05, 4.69) is 5.10 Å². The summed E-state index contributed by atoms with van der Waals surface area (Å²) in [6.07, 6.45) is 2.76. The Morgan fingerprint density at radius 1 is 1.29 bits per heavy atom. The third-order valence-electron chi connectivity index (χ3n) is 3.27. The van der Waals surface area contributed by atoms with E-state index in [9.17, 15) is 9.59 Å². The molecule has 24 heavy (non-hydrogen) atoms. The molecule has 0 saturated carbocycles. The number of aryl methyl sites for hydroxylation is 1. The molecule has 7 heteroatoms. The third-order valence-corrected chi connectivity index (χ3v) is 3.64.